The maximum atomic E-state index is 13.0. The van der Waals surface area contributed by atoms with E-state index in [2.05, 4.69) is 29.2 Å². The third-order valence-corrected chi connectivity index (χ3v) is 5.66. The van der Waals surface area contributed by atoms with Gasteiger partial charge in [-0.3, -0.25) is 14.4 Å². The second-order valence-electron chi connectivity index (χ2n) is 8.40. The van der Waals surface area contributed by atoms with Crippen molar-refractivity contribution in [1.82, 2.24) is 25.0 Å². The van der Waals surface area contributed by atoms with Gasteiger partial charge in [0.1, 0.15) is 0 Å². The van der Waals surface area contributed by atoms with Crippen LogP contribution < -0.4 is 5.32 Å². The van der Waals surface area contributed by atoms with Crippen molar-refractivity contribution < 1.29 is 9.53 Å². The van der Waals surface area contributed by atoms with E-state index >= 15 is 0 Å². The number of ether oxygens (including phenoxy) is 1. The molecular formula is C21H31N5O2. The van der Waals surface area contributed by atoms with Crippen molar-refractivity contribution in [3.63, 3.8) is 0 Å². The first kappa shape index (κ1) is 19.3. The average molecular weight is 386 g/mol. The Bertz CT molecular complexity index is 863. The molecule has 4 rings (SSSR count). The zero-order valence-corrected chi connectivity index (χ0v) is 17.4. The van der Waals surface area contributed by atoms with Gasteiger partial charge in [-0.1, -0.05) is 0 Å². The molecule has 0 radical (unpaired) electrons. The number of nitrogens with one attached hydrogen (secondary N) is 1. The highest BCUT2D eigenvalue weighted by atomic mass is 16.5. The first-order chi connectivity index (χ1) is 13.4. The number of carbonyl (C=O) groups excluding carboxylic acids is 1. The van der Waals surface area contributed by atoms with E-state index in [1.807, 2.05) is 20.0 Å². The first-order valence-corrected chi connectivity index (χ1v) is 10.4. The van der Waals surface area contributed by atoms with E-state index in [1.165, 1.54) is 0 Å². The minimum atomic E-state index is -0.0193. The lowest BCUT2D eigenvalue weighted by atomic mass is 10.1. The third-order valence-electron chi connectivity index (χ3n) is 5.66. The molecule has 0 spiro atoms. The Morgan fingerprint density at radius 2 is 2.00 bits per heavy atom. The zero-order valence-electron chi connectivity index (χ0n) is 17.4. The fourth-order valence-electron chi connectivity index (χ4n) is 4.30. The maximum absolute atomic E-state index is 13.0. The summed E-state index contributed by atoms with van der Waals surface area (Å²) < 4.78 is 7.57. The molecule has 152 valence electrons. The highest BCUT2D eigenvalue weighted by Crippen LogP contribution is 2.40. The van der Waals surface area contributed by atoms with E-state index < -0.39 is 0 Å². The molecule has 2 atom stereocenters. The van der Waals surface area contributed by atoms with Gasteiger partial charge in [-0.25, -0.2) is 4.98 Å². The summed E-state index contributed by atoms with van der Waals surface area (Å²) in [6, 6.07) is 1.98. The van der Waals surface area contributed by atoms with Crippen LogP contribution in [0, 0.1) is 6.92 Å². The van der Waals surface area contributed by atoms with Crippen LogP contribution >= 0.6 is 0 Å². The Kier molecular flexibility index (Phi) is 5.38. The number of aromatic nitrogens is 3. The summed E-state index contributed by atoms with van der Waals surface area (Å²) in [6.07, 6.45) is 3.80. The highest BCUT2D eigenvalue weighted by Gasteiger charge is 2.28. The molecule has 2 aromatic heterocycles. The number of hydrogen-bond donors (Lipinski definition) is 1. The molecule has 1 saturated carbocycles. The number of fused-ring (bicyclic) bond motifs is 1. The van der Waals surface area contributed by atoms with Gasteiger partial charge in [0.05, 0.1) is 28.9 Å². The molecule has 1 amide bonds. The Morgan fingerprint density at radius 1 is 1.29 bits per heavy atom. The summed E-state index contributed by atoms with van der Waals surface area (Å²) in [5, 5.41) is 8.47. The van der Waals surface area contributed by atoms with Gasteiger partial charge < -0.3 is 10.1 Å². The lowest BCUT2D eigenvalue weighted by molar-refractivity contribution is -0.0679. The van der Waals surface area contributed by atoms with E-state index in [4.69, 9.17) is 9.72 Å². The molecule has 1 N–H and O–H groups in total. The molecule has 0 aromatic carbocycles. The molecule has 3 heterocycles. The van der Waals surface area contributed by atoms with Crippen molar-refractivity contribution in [2.24, 2.45) is 7.05 Å². The molecule has 0 bridgehead atoms. The zero-order chi connectivity index (χ0) is 19.8. The summed E-state index contributed by atoms with van der Waals surface area (Å²) in [5.74, 6) is 0.477. The summed E-state index contributed by atoms with van der Waals surface area (Å²) in [4.78, 5) is 20.2. The van der Waals surface area contributed by atoms with Gasteiger partial charge in [0.25, 0.3) is 5.91 Å². The van der Waals surface area contributed by atoms with Gasteiger partial charge in [-0.05, 0) is 46.1 Å². The van der Waals surface area contributed by atoms with Gasteiger partial charge in [-0.2, -0.15) is 5.10 Å². The van der Waals surface area contributed by atoms with Crippen molar-refractivity contribution in [3.05, 3.63) is 23.0 Å². The van der Waals surface area contributed by atoms with Gasteiger partial charge in [0.2, 0.25) is 0 Å². The fraction of sp³-hybridized carbons (Fsp3) is 0.667. The first-order valence-electron chi connectivity index (χ1n) is 10.4. The van der Waals surface area contributed by atoms with Crippen molar-refractivity contribution in [1.29, 1.82) is 0 Å². The Hall–Kier alpha value is -1.99. The number of aryl methyl sites for hydroxylation is 2. The van der Waals surface area contributed by atoms with Crippen LogP contribution in [0.1, 0.15) is 60.8 Å². The minimum Gasteiger partial charge on any atom is -0.373 e. The van der Waals surface area contributed by atoms with Crippen LogP contribution in [-0.4, -0.2) is 64.0 Å². The van der Waals surface area contributed by atoms with Crippen LogP contribution in [0.25, 0.3) is 11.0 Å². The number of pyridine rings is 1. The Labute approximate surface area is 166 Å². The van der Waals surface area contributed by atoms with E-state index in [0.717, 1.165) is 61.3 Å². The Balaban J connectivity index is 1.41. The normalized spacial score (nSPS) is 23.3. The van der Waals surface area contributed by atoms with Gasteiger partial charge in [0, 0.05) is 44.8 Å². The lowest BCUT2D eigenvalue weighted by Crippen LogP contribution is -2.46. The number of hydrogen-bond acceptors (Lipinski definition) is 5. The van der Waals surface area contributed by atoms with Gasteiger partial charge >= 0.3 is 0 Å². The average Bonchev–Trinajstić information content (AvgIpc) is 3.44. The monoisotopic (exact) mass is 385 g/mol. The summed E-state index contributed by atoms with van der Waals surface area (Å²) in [5.41, 5.74) is 3.40. The predicted molar refractivity (Wildman–Crippen MR) is 109 cm³/mol. The summed E-state index contributed by atoms with van der Waals surface area (Å²) >= 11 is 0. The fourth-order valence-corrected chi connectivity index (χ4v) is 4.30. The Morgan fingerprint density at radius 3 is 2.68 bits per heavy atom. The molecule has 2 aliphatic rings. The van der Waals surface area contributed by atoms with E-state index in [0.29, 0.717) is 18.0 Å². The quantitative estimate of drug-likeness (QED) is 0.773. The summed E-state index contributed by atoms with van der Waals surface area (Å²) in [6.45, 7) is 9.74. The summed E-state index contributed by atoms with van der Waals surface area (Å²) in [7, 11) is 1.89. The van der Waals surface area contributed by atoms with Crippen LogP contribution in [0.15, 0.2) is 6.07 Å². The maximum Gasteiger partial charge on any atom is 0.252 e. The lowest BCUT2D eigenvalue weighted by Gasteiger charge is -2.35. The largest absolute Gasteiger partial charge is 0.373 e. The number of rotatable bonds is 6. The second kappa shape index (κ2) is 7.79. The van der Waals surface area contributed by atoms with Crippen LogP contribution in [0.3, 0.4) is 0 Å². The molecule has 2 fully saturated rings. The van der Waals surface area contributed by atoms with E-state index in [-0.39, 0.29) is 18.1 Å². The van der Waals surface area contributed by atoms with Crippen molar-refractivity contribution in [3.8, 4) is 0 Å². The van der Waals surface area contributed by atoms with Crippen LogP contribution in [-0.2, 0) is 11.8 Å². The smallest absolute Gasteiger partial charge is 0.252 e. The number of amides is 1. The minimum absolute atomic E-state index is 0.0193. The third kappa shape index (κ3) is 4.05. The molecule has 7 heteroatoms. The topological polar surface area (TPSA) is 72.3 Å². The number of morpholine rings is 1. The molecule has 2 aromatic rings. The number of carbonyl (C=O) groups is 1. The molecule has 1 aliphatic heterocycles. The molecule has 2 unspecified atom stereocenters. The van der Waals surface area contributed by atoms with Gasteiger partial charge in [-0.15, -0.1) is 0 Å². The van der Waals surface area contributed by atoms with Gasteiger partial charge in [0.15, 0.2) is 5.65 Å². The van der Waals surface area contributed by atoms with Crippen molar-refractivity contribution >= 4 is 16.9 Å². The highest BCUT2D eigenvalue weighted by molar-refractivity contribution is 6.06. The van der Waals surface area contributed by atoms with Crippen LogP contribution in [0.2, 0.25) is 0 Å². The molecule has 28 heavy (non-hydrogen) atoms. The standard InChI is InChI=1S/C21H31N5O2/c1-13-11-26(12-14(2)28-13)9-5-8-22-21(27)17-10-18(16-6-7-16)23-20-19(17)15(3)24-25(20)4/h10,13-14,16H,5-9,11-12H2,1-4H3,(H,22,27). The van der Waals surface area contributed by atoms with E-state index in [1.54, 1.807) is 4.68 Å². The molecule has 1 saturated heterocycles. The molecule has 7 nitrogen and oxygen atoms in total. The predicted octanol–water partition coefficient (Wildman–Crippen LogP) is 2.38. The van der Waals surface area contributed by atoms with Crippen molar-refractivity contribution in [2.45, 2.75) is 58.2 Å². The van der Waals surface area contributed by atoms with Crippen LogP contribution in [0.5, 0.6) is 0 Å². The molecule has 1 aliphatic carbocycles. The molecular weight excluding hydrogens is 354 g/mol. The van der Waals surface area contributed by atoms with E-state index in [9.17, 15) is 4.79 Å². The number of nitrogens with zero attached hydrogens (tertiary/aromatic N) is 4. The van der Waals surface area contributed by atoms with Crippen LogP contribution in [0.4, 0.5) is 0 Å². The second-order valence-corrected chi connectivity index (χ2v) is 8.40. The SMILES string of the molecule is Cc1nn(C)c2nc(C3CC3)cc(C(=O)NCCCN3CC(C)OC(C)C3)c12. The van der Waals surface area contributed by atoms with Crippen molar-refractivity contribution in [2.75, 3.05) is 26.2 Å².